The lowest BCUT2D eigenvalue weighted by atomic mass is 10.1. The number of hydrogen-bond acceptors (Lipinski definition) is 4. The molecule has 5 heteroatoms. The zero-order valence-electron chi connectivity index (χ0n) is 9.88. The van der Waals surface area contributed by atoms with Gasteiger partial charge in [0.25, 0.3) is 0 Å². The van der Waals surface area contributed by atoms with E-state index in [1.807, 2.05) is 49.3 Å². The average Bonchev–Trinajstić information content (AvgIpc) is 2.76. The lowest BCUT2D eigenvalue weighted by Gasteiger charge is -2.36. The number of nitrogens with one attached hydrogen (secondary N) is 1. The maximum Gasteiger partial charge on any atom is 0.321 e. The van der Waals surface area contributed by atoms with Crippen molar-refractivity contribution in [2.75, 3.05) is 19.8 Å². The second-order valence-electron chi connectivity index (χ2n) is 4.25. The fourth-order valence-corrected chi connectivity index (χ4v) is 3.42. The van der Waals surface area contributed by atoms with E-state index < -0.39 is 17.0 Å². The number of nitrogens with zero attached hydrogens (tertiary/aromatic N) is 1. The van der Waals surface area contributed by atoms with Crippen LogP contribution in [0.2, 0.25) is 0 Å². The first-order valence-corrected chi connectivity index (χ1v) is 6.42. The van der Waals surface area contributed by atoms with Gasteiger partial charge in [-0.15, -0.1) is 11.8 Å². The number of carbonyl (C=O) groups is 1. The Labute approximate surface area is 105 Å². The van der Waals surface area contributed by atoms with Gasteiger partial charge in [0.15, 0.2) is 0 Å². The third-order valence-electron chi connectivity index (χ3n) is 2.92. The maximum atomic E-state index is 11.0. The van der Waals surface area contributed by atoms with Gasteiger partial charge in [0.1, 0.15) is 11.0 Å². The van der Waals surface area contributed by atoms with E-state index in [9.17, 15) is 4.79 Å². The van der Waals surface area contributed by atoms with Crippen molar-refractivity contribution in [1.29, 1.82) is 0 Å². The van der Waals surface area contributed by atoms with Crippen LogP contribution in [0.15, 0.2) is 30.3 Å². The number of hydrogen-bond donors (Lipinski definition) is 2. The zero-order chi connectivity index (χ0) is 12.5. The largest absolute Gasteiger partial charge is 0.480 e. The van der Waals surface area contributed by atoms with Crippen molar-refractivity contribution in [2.24, 2.45) is 0 Å². The van der Waals surface area contributed by atoms with Crippen LogP contribution >= 0.6 is 11.8 Å². The topological polar surface area (TPSA) is 52.6 Å². The highest BCUT2D eigenvalue weighted by molar-refractivity contribution is 8.00. The number of aliphatic carboxylic acids is 1. The number of carboxylic acid groups (broad SMARTS) is 1. The van der Waals surface area contributed by atoms with Crippen LogP contribution in [0.25, 0.3) is 0 Å². The minimum atomic E-state index is -0.794. The first kappa shape index (κ1) is 12.4. The van der Waals surface area contributed by atoms with E-state index in [1.165, 1.54) is 0 Å². The van der Waals surface area contributed by atoms with Gasteiger partial charge in [-0.05, 0) is 19.7 Å². The number of thioether (sulfide) groups is 1. The van der Waals surface area contributed by atoms with Gasteiger partial charge in [0.05, 0.1) is 0 Å². The summed E-state index contributed by atoms with van der Waals surface area (Å²) in [6, 6.07) is 9.44. The van der Waals surface area contributed by atoms with Gasteiger partial charge in [-0.3, -0.25) is 15.0 Å². The summed E-state index contributed by atoms with van der Waals surface area (Å²) in [5.74, 6) is -0.222. The van der Waals surface area contributed by atoms with Crippen LogP contribution in [-0.2, 0) is 9.79 Å². The third kappa shape index (κ3) is 2.18. The highest BCUT2D eigenvalue weighted by Gasteiger charge is 2.45. The van der Waals surface area contributed by atoms with E-state index in [-0.39, 0.29) is 0 Å². The molecule has 0 aromatic heterocycles. The predicted molar refractivity (Wildman–Crippen MR) is 68.8 cm³/mol. The molecule has 0 saturated carbocycles. The molecule has 2 rings (SSSR count). The highest BCUT2D eigenvalue weighted by Crippen LogP contribution is 2.41. The average molecular weight is 252 g/mol. The van der Waals surface area contributed by atoms with Gasteiger partial charge in [-0.25, -0.2) is 0 Å². The fraction of sp³-hybridized carbons (Fsp3) is 0.417. The lowest BCUT2D eigenvalue weighted by molar-refractivity contribution is -0.139. The summed E-state index contributed by atoms with van der Waals surface area (Å²) in [7, 11) is 3.91. The van der Waals surface area contributed by atoms with Crippen molar-refractivity contribution < 1.29 is 9.90 Å². The summed E-state index contributed by atoms with van der Waals surface area (Å²) in [6.45, 7) is 0. The second kappa shape index (κ2) is 4.68. The quantitative estimate of drug-likeness (QED) is 0.845. The van der Waals surface area contributed by atoms with Crippen LogP contribution in [0.5, 0.6) is 0 Å². The summed E-state index contributed by atoms with van der Waals surface area (Å²) in [6.07, 6.45) is 0. The molecular formula is C12H16N2O2S. The lowest BCUT2D eigenvalue weighted by Crippen LogP contribution is -2.51. The van der Waals surface area contributed by atoms with E-state index in [0.29, 0.717) is 5.75 Å². The van der Waals surface area contributed by atoms with Crippen molar-refractivity contribution in [1.82, 2.24) is 10.2 Å². The van der Waals surface area contributed by atoms with Crippen molar-refractivity contribution in [3.05, 3.63) is 35.9 Å². The number of carboxylic acids is 1. The van der Waals surface area contributed by atoms with Gasteiger partial charge in [-0.2, -0.15) is 0 Å². The molecule has 1 aromatic carbocycles. The molecule has 4 nitrogen and oxygen atoms in total. The Kier molecular flexibility index (Phi) is 3.42. The minimum Gasteiger partial charge on any atom is -0.480 e. The highest BCUT2D eigenvalue weighted by atomic mass is 32.2. The number of benzene rings is 1. The summed E-state index contributed by atoms with van der Waals surface area (Å²) in [5.41, 5.74) is 1.08. The molecule has 0 aliphatic carbocycles. The molecule has 92 valence electrons. The molecule has 17 heavy (non-hydrogen) atoms. The van der Waals surface area contributed by atoms with Crippen molar-refractivity contribution >= 4 is 17.7 Å². The molecule has 2 N–H and O–H groups in total. The number of rotatable bonds is 3. The Balaban J connectivity index is 2.33. The van der Waals surface area contributed by atoms with Gasteiger partial charge in [0.2, 0.25) is 0 Å². The Bertz CT molecular complexity index is 410. The van der Waals surface area contributed by atoms with Crippen LogP contribution in [0.4, 0.5) is 0 Å². The Hall–Kier alpha value is -1.04. The molecular weight excluding hydrogens is 236 g/mol. The molecule has 0 amide bonds. The molecule has 1 aliphatic rings. The monoisotopic (exact) mass is 252 g/mol. The minimum absolute atomic E-state index is 0.440. The van der Waals surface area contributed by atoms with Crippen molar-refractivity contribution in [3.63, 3.8) is 0 Å². The molecule has 1 aliphatic heterocycles. The first-order valence-electron chi connectivity index (χ1n) is 5.43. The van der Waals surface area contributed by atoms with E-state index in [2.05, 4.69) is 5.32 Å². The molecule has 2 atom stereocenters. The van der Waals surface area contributed by atoms with Gasteiger partial charge < -0.3 is 5.11 Å². The van der Waals surface area contributed by atoms with Crippen LogP contribution in [0.3, 0.4) is 0 Å². The summed E-state index contributed by atoms with van der Waals surface area (Å²) in [5, 5.41) is 12.3. The zero-order valence-corrected chi connectivity index (χ0v) is 10.7. The third-order valence-corrected chi connectivity index (χ3v) is 4.56. The molecule has 2 unspecified atom stereocenters. The SMILES string of the molecule is CN(C)C1(c2ccccc2)NC(C(=O)O)CS1. The smallest absolute Gasteiger partial charge is 0.321 e. The van der Waals surface area contributed by atoms with Crippen LogP contribution in [0, 0.1) is 0 Å². The van der Waals surface area contributed by atoms with Gasteiger partial charge in [-0.1, -0.05) is 30.3 Å². The second-order valence-corrected chi connectivity index (χ2v) is 5.46. The normalized spacial score (nSPS) is 28.5. The molecule has 1 saturated heterocycles. The van der Waals surface area contributed by atoms with Gasteiger partial charge in [0, 0.05) is 5.75 Å². The molecule has 0 radical (unpaired) electrons. The molecule has 0 bridgehead atoms. The van der Waals surface area contributed by atoms with Gasteiger partial charge >= 0.3 is 5.97 Å². The summed E-state index contributed by atoms with van der Waals surface area (Å²) < 4.78 is 0. The van der Waals surface area contributed by atoms with Crippen LogP contribution in [-0.4, -0.2) is 41.9 Å². The van der Waals surface area contributed by atoms with Crippen molar-refractivity contribution in [3.8, 4) is 0 Å². The fourth-order valence-electron chi connectivity index (χ4n) is 2.00. The molecule has 1 fully saturated rings. The Morgan fingerprint density at radius 3 is 2.59 bits per heavy atom. The van der Waals surface area contributed by atoms with Crippen molar-refractivity contribution in [2.45, 2.75) is 11.0 Å². The van der Waals surface area contributed by atoms with Crippen LogP contribution in [0.1, 0.15) is 5.56 Å². The van der Waals surface area contributed by atoms with Crippen LogP contribution < -0.4 is 5.32 Å². The summed E-state index contributed by atoms with van der Waals surface area (Å²) >= 11 is 1.62. The Morgan fingerprint density at radius 2 is 2.12 bits per heavy atom. The summed E-state index contributed by atoms with van der Waals surface area (Å²) in [4.78, 5) is 12.6. The maximum absolute atomic E-state index is 11.0. The molecule has 1 heterocycles. The predicted octanol–water partition coefficient (Wildman–Crippen LogP) is 1.15. The van der Waals surface area contributed by atoms with E-state index >= 15 is 0 Å². The van der Waals surface area contributed by atoms with E-state index in [0.717, 1.165) is 5.56 Å². The van der Waals surface area contributed by atoms with E-state index in [1.54, 1.807) is 11.8 Å². The molecule has 0 spiro atoms. The standard InChI is InChI=1S/C12H16N2O2S/c1-14(2)12(9-6-4-3-5-7-9)13-10(8-17-12)11(15)16/h3-7,10,13H,8H2,1-2H3,(H,15,16). The Morgan fingerprint density at radius 1 is 1.47 bits per heavy atom. The molecule has 1 aromatic rings. The first-order chi connectivity index (χ1) is 8.06. The van der Waals surface area contributed by atoms with E-state index in [4.69, 9.17) is 5.11 Å².